The Hall–Kier alpha value is -3.46. The van der Waals surface area contributed by atoms with E-state index in [-0.39, 0.29) is 23.6 Å². The molecule has 0 aliphatic carbocycles. The maximum absolute atomic E-state index is 12.8. The number of aryl methyl sites for hydroxylation is 1. The van der Waals surface area contributed by atoms with E-state index in [0.717, 1.165) is 29.9 Å². The van der Waals surface area contributed by atoms with Crippen molar-refractivity contribution in [3.05, 3.63) is 58.5 Å². The normalized spacial score (nSPS) is 15.3. The van der Waals surface area contributed by atoms with Crippen molar-refractivity contribution in [2.45, 2.75) is 20.0 Å². The summed E-state index contributed by atoms with van der Waals surface area (Å²) >= 11 is 0. The van der Waals surface area contributed by atoms with Crippen LogP contribution in [-0.4, -0.2) is 56.6 Å². The van der Waals surface area contributed by atoms with Gasteiger partial charge in [-0.05, 0) is 19.1 Å². The fraction of sp³-hybridized carbons (Fsp3) is 0.333. The zero-order valence-corrected chi connectivity index (χ0v) is 16.6. The van der Waals surface area contributed by atoms with E-state index in [2.05, 4.69) is 15.0 Å². The van der Waals surface area contributed by atoms with E-state index in [0.29, 0.717) is 30.7 Å². The number of carbonyl (C=O) groups excluding carboxylic acids is 1. The molecule has 9 nitrogen and oxygen atoms in total. The fourth-order valence-electron chi connectivity index (χ4n) is 3.84. The van der Waals surface area contributed by atoms with Gasteiger partial charge >= 0.3 is 0 Å². The summed E-state index contributed by atoms with van der Waals surface area (Å²) in [5.74, 6) is 0.716. The Morgan fingerprint density at radius 1 is 1.17 bits per heavy atom. The molecule has 30 heavy (non-hydrogen) atoms. The number of carbonyl (C=O) groups is 1. The van der Waals surface area contributed by atoms with Crippen LogP contribution < -0.4 is 5.56 Å². The number of aromatic nitrogens is 3. The molecule has 1 aromatic carbocycles. The molecule has 1 aliphatic heterocycles. The molecule has 1 fully saturated rings. The van der Waals surface area contributed by atoms with Crippen molar-refractivity contribution in [1.82, 2.24) is 24.5 Å². The van der Waals surface area contributed by atoms with Gasteiger partial charge in [0.15, 0.2) is 5.76 Å². The minimum Gasteiger partial charge on any atom is -0.448 e. The summed E-state index contributed by atoms with van der Waals surface area (Å²) < 4.78 is 12.3. The van der Waals surface area contributed by atoms with Crippen molar-refractivity contribution in [2.24, 2.45) is 0 Å². The summed E-state index contributed by atoms with van der Waals surface area (Å²) in [4.78, 5) is 33.9. The van der Waals surface area contributed by atoms with Gasteiger partial charge in [-0.2, -0.15) is 0 Å². The van der Waals surface area contributed by atoms with E-state index < -0.39 is 0 Å². The highest BCUT2D eigenvalue weighted by molar-refractivity contribution is 6.01. The lowest BCUT2D eigenvalue weighted by Gasteiger charge is -2.34. The lowest BCUT2D eigenvalue weighted by Crippen LogP contribution is -2.49. The zero-order valence-electron chi connectivity index (χ0n) is 16.6. The number of para-hydroxylation sites is 1. The summed E-state index contributed by atoms with van der Waals surface area (Å²) in [5, 5.41) is 4.70. The van der Waals surface area contributed by atoms with Gasteiger partial charge in [0, 0.05) is 37.6 Å². The van der Waals surface area contributed by atoms with E-state index in [9.17, 15) is 9.59 Å². The summed E-state index contributed by atoms with van der Waals surface area (Å²) in [5.41, 5.74) is 1.83. The van der Waals surface area contributed by atoms with Crippen molar-refractivity contribution < 1.29 is 13.7 Å². The van der Waals surface area contributed by atoms with Crippen LogP contribution in [0.3, 0.4) is 0 Å². The number of fused-ring (bicyclic) bond motifs is 3. The molecule has 3 aromatic heterocycles. The highest BCUT2D eigenvalue weighted by atomic mass is 16.5. The average molecular weight is 407 g/mol. The Balaban J connectivity index is 1.26. The molecular formula is C21H21N5O4. The first-order chi connectivity index (χ1) is 14.6. The minimum atomic E-state index is -0.344. The van der Waals surface area contributed by atoms with Crippen LogP contribution in [0.5, 0.6) is 0 Å². The predicted octanol–water partition coefficient (Wildman–Crippen LogP) is 1.78. The first-order valence-electron chi connectivity index (χ1n) is 9.87. The van der Waals surface area contributed by atoms with E-state index in [1.165, 1.54) is 10.9 Å². The number of rotatable bonds is 4. The number of benzene rings is 1. The van der Waals surface area contributed by atoms with Crippen LogP contribution >= 0.6 is 0 Å². The smallest absolute Gasteiger partial charge is 0.297 e. The number of nitrogens with zero attached hydrogens (tertiary/aromatic N) is 5. The quantitative estimate of drug-likeness (QED) is 0.509. The fourth-order valence-corrected chi connectivity index (χ4v) is 3.84. The third kappa shape index (κ3) is 3.37. The lowest BCUT2D eigenvalue weighted by atomic mass is 10.2. The SMILES string of the molecule is Cc1cc(CN2CCN(C(=O)Cn3cnc4c(oc5ccccc54)c3=O)CC2)on1. The molecule has 0 atom stereocenters. The predicted molar refractivity (Wildman–Crippen MR) is 109 cm³/mol. The molecule has 0 N–H and O–H groups in total. The minimum absolute atomic E-state index is 0.0554. The third-order valence-electron chi connectivity index (χ3n) is 5.44. The van der Waals surface area contributed by atoms with Crippen LogP contribution in [0, 0.1) is 6.92 Å². The van der Waals surface area contributed by atoms with Crippen molar-refractivity contribution >= 4 is 28.0 Å². The van der Waals surface area contributed by atoms with Crippen molar-refractivity contribution in [1.29, 1.82) is 0 Å². The van der Waals surface area contributed by atoms with Gasteiger partial charge in [-0.25, -0.2) is 4.98 Å². The van der Waals surface area contributed by atoms with Gasteiger partial charge in [0.25, 0.3) is 5.56 Å². The van der Waals surface area contributed by atoms with Crippen molar-refractivity contribution in [3.63, 3.8) is 0 Å². The Morgan fingerprint density at radius 3 is 2.73 bits per heavy atom. The highest BCUT2D eigenvalue weighted by Crippen LogP contribution is 2.24. The lowest BCUT2D eigenvalue weighted by molar-refractivity contribution is -0.133. The number of hydrogen-bond acceptors (Lipinski definition) is 7. The van der Waals surface area contributed by atoms with Crippen LogP contribution in [0.2, 0.25) is 0 Å². The standard InChI is InChI=1S/C21H21N5O4/c1-14-10-15(30-23-14)11-24-6-8-25(9-7-24)18(27)12-26-13-22-19-16-4-2-3-5-17(16)29-20(19)21(26)28/h2-5,10,13H,6-9,11-12H2,1H3. The van der Waals surface area contributed by atoms with Crippen molar-refractivity contribution in [2.75, 3.05) is 26.2 Å². The molecule has 0 unspecified atom stereocenters. The summed E-state index contributed by atoms with van der Waals surface area (Å²) in [6.45, 7) is 5.18. The highest BCUT2D eigenvalue weighted by Gasteiger charge is 2.23. The van der Waals surface area contributed by atoms with E-state index in [1.54, 1.807) is 11.0 Å². The largest absolute Gasteiger partial charge is 0.448 e. The third-order valence-corrected chi connectivity index (χ3v) is 5.44. The second-order valence-corrected chi connectivity index (χ2v) is 7.55. The summed E-state index contributed by atoms with van der Waals surface area (Å²) in [6.07, 6.45) is 1.42. The molecule has 5 rings (SSSR count). The second kappa shape index (κ2) is 7.42. The zero-order chi connectivity index (χ0) is 20.7. The summed E-state index contributed by atoms with van der Waals surface area (Å²) in [6, 6.07) is 9.30. The Labute approximate surface area is 171 Å². The van der Waals surface area contributed by atoms with Gasteiger partial charge in [0.1, 0.15) is 17.6 Å². The van der Waals surface area contributed by atoms with E-state index in [4.69, 9.17) is 8.94 Å². The van der Waals surface area contributed by atoms with Gasteiger partial charge < -0.3 is 13.8 Å². The molecule has 4 heterocycles. The number of hydrogen-bond donors (Lipinski definition) is 0. The van der Waals surface area contributed by atoms with Gasteiger partial charge in [0.05, 0.1) is 18.6 Å². The van der Waals surface area contributed by atoms with Crippen LogP contribution in [0.25, 0.3) is 22.1 Å². The van der Waals surface area contributed by atoms with Gasteiger partial charge in [-0.15, -0.1) is 0 Å². The van der Waals surface area contributed by atoms with Crippen LogP contribution in [-0.2, 0) is 17.9 Å². The van der Waals surface area contributed by atoms with Crippen molar-refractivity contribution in [3.8, 4) is 0 Å². The molecule has 0 saturated carbocycles. The maximum Gasteiger partial charge on any atom is 0.297 e. The average Bonchev–Trinajstić information content (AvgIpc) is 3.34. The first kappa shape index (κ1) is 18.6. The Kier molecular flexibility index (Phi) is 4.59. The number of piperazine rings is 1. The van der Waals surface area contributed by atoms with Crippen LogP contribution in [0.15, 0.2) is 50.4 Å². The van der Waals surface area contributed by atoms with Gasteiger partial charge in [0.2, 0.25) is 11.5 Å². The van der Waals surface area contributed by atoms with E-state index in [1.807, 2.05) is 31.2 Å². The number of furan rings is 1. The monoisotopic (exact) mass is 407 g/mol. The Morgan fingerprint density at radius 2 is 1.97 bits per heavy atom. The van der Waals surface area contributed by atoms with Gasteiger partial charge in [-0.1, -0.05) is 17.3 Å². The topological polar surface area (TPSA) is 97.6 Å². The second-order valence-electron chi connectivity index (χ2n) is 7.55. The Bertz CT molecular complexity index is 1280. The first-order valence-corrected chi connectivity index (χ1v) is 9.87. The van der Waals surface area contributed by atoms with E-state index >= 15 is 0 Å². The molecule has 0 spiro atoms. The molecule has 1 saturated heterocycles. The van der Waals surface area contributed by atoms with Gasteiger partial charge in [-0.3, -0.25) is 19.1 Å². The van der Waals surface area contributed by atoms with Crippen LogP contribution in [0.4, 0.5) is 0 Å². The van der Waals surface area contributed by atoms with Crippen LogP contribution in [0.1, 0.15) is 11.5 Å². The molecule has 1 aliphatic rings. The molecule has 154 valence electrons. The molecule has 1 amide bonds. The maximum atomic E-state index is 12.8. The molecule has 9 heteroatoms. The number of amides is 1. The molecule has 0 bridgehead atoms. The molecule has 4 aromatic rings. The molecular weight excluding hydrogens is 386 g/mol. The molecule has 0 radical (unpaired) electrons. The summed E-state index contributed by atoms with van der Waals surface area (Å²) in [7, 11) is 0.